The smallest absolute Gasteiger partial charge is 0.191 e. The lowest BCUT2D eigenvalue weighted by Crippen LogP contribution is -2.45. The van der Waals surface area contributed by atoms with Crippen LogP contribution in [0.1, 0.15) is 57.1 Å². The third kappa shape index (κ3) is 6.07. The number of hydrogen-bond donors (Lipinski definition) is 2. The maximum Gasteiger partial charge on any atom is 0.191 e. The largest absolute Gasteiger partial charge is 0.373 e. The van der Waals surface area contributed by atoms with Crippen molar-refractivity contribution in [2.75, 3.05) is 32.8 Å². The molecule has 0 spiro atoms. The molecule has 0 aromatic heterocycles. The van der Waals surface area contributed by atoms with E-state index >= 15 is 0 Å². The molecule has 4 rings (SSSR count). The number of nitrogens with zero attached hydrogens (tertiary/aromatic N) is 2. The number of guanidine groups is 1. The van der Waals surface area contributed by atoms with E-state index in [2.05, 4.69) is 52.8 Å². The van der Waals surface area contributed by atoms with Crippen molar-refractivity contribution in [3.05, 3.63) is 35.9 Å². The van der Waals surface area contributed by atoms with Gasteiger partial charge >= 0.3 is 0 Å². The molecule has 3 atom stereocenters. The summed E-state index contributed by atoms with van der Waals surface area (Å²) in [5, 5.41) is 7.16. The number of nitrogens with one attached hydrogen (secondary N) is 2. The zero-order valence-electron chi connectivity index (χ0n) is 17.7. The molecule has 1 aliphatic carbocycles. The number of rotatable bonds is 6. The van der Waals surface area contributed by atoms with Crippen molar-refractivity contribution in [3.8, 4) is 0 Å². The van der Waals surface area contributed by atoms with Crippen LogP contribution in [0.15, 0.2) is 35.3 Å². The highest BCUT2D eigenvalue weighted by Crippen LogP contribution is 2.34. The van der Waals surface area contributed by atoms with Crippen LogP contribution in [0.2, 0.25) is 0 Å². The Balaban J connectivity index is 0.00000240. The summed E-state index contributed by atoms with van der Waals surface area (Å²) in [5.74, 6) is 1.43. The number of benzene rings is 1. The predicted molar refractivity (Wildman–Crippen MR) is 130 cm³/mol. The Kier molecular flexibility index (Phi) is 9.06. The minimum Gasteiger partial charge on any atom is -0.373 e. The van der Waals surface area contributed by atoms with Gasteiger partial charge in [-0.3, -0.25) is 9.89 Å². The summed E-state index contributed by atoms with van der Waals surface area (Å²) in [7, 11) is 0. The fourth-order valence-corrected chi connectivity index (χ4v) is 5.06. The molecule has 0 amide bonds. The minimum atomic E-state index is 0. The summed E-state index contributed by atoms with van der Waals surface area (Å²) < 4.78 is 6.03. The van der Waals surface area contributed by atoms with Gasteiger partial charge in [-0.15, -0.1) is 24.0 Å². The quantitative estimate of drug-likeness (QED) is 0.344. The summed E-state index contributed by atoms with van der Waals surface area (Å²) in [6.45, 7) is 7.08. The summed E-state index contributed by atoms with van der Waals surface area (Å²) in [4.78, 5) is 7.65. The minimum absolute atomic E-state index is 0. The Hall–Kier alpha value is -0.860. The summed E-state index contributed by atoms with van der Waals surface area (Å²) >= 11 is 0. The van der Waals surface area contributed by atoms with Crippen LogP contribution in [-0.2, 0) is 4.74 Å². The van der Waals surface area contributed by atoms with Crippen LogP contribution in [0.25, 0.3) is 0 Å². The predicted octanol–water partition coefficient (Wildman–Crippen LogP) is 3.95. The first-order valence-corrected chi connectivity index (χ1v) is 11.3. The van der Waals surface area contributed by atoms with Gasteiger partial charge in [0.25, 0.3) is 0 Å². The molecule has 2 aliphatic heterocycles. The maximum absolute atomic E-state index is 6.03. The van der Waals surface area contributed by atoms with Gasteiger partial charge in [0.15, 0.2) is 5.96 Å². The second kappa shape index (κ2) is 11.5. The molecule has 6 heteroatoms. The molecule has 1 saturated carbocycles. The van der Waals surface area contributed by atoms with Gasteiger partial charge in [0, 0.05) is 50.8 Å². The van der Waals surface area contributed by atoms with E-state index in [9.17, 15) is 0 Å². The SMILES string of the molecule is CCNC(=NCC1CCOC1c1ccccc1)NC1CCN(C2CCCC2)C1.I. The molecular formula is C23H37IN4O. The van der Waals surface area contributed by atoms with Crippen LogP contribution >= 0.6 is 24.0 Å². The van der Waals surface area contributed by atoms with Crippen molar-refractivity contribution in [1.82, 2.24) is 15.5 Å². The molecule has 162 valence electrons. The van der Waals surface area contributed by atoms with Crippen LogP contribution < -0.4 is 10.6 Å². The lowest BCUT2D eigenvalue weighted by atomic mass is 9.95. The number of hydrogen-bond acceptors (Lipinski definition) is 3. The second-order valence-electron chi connectivity index (χ2n) is 8.53. The Morgan fingerprint density at radius 3 is 2.69 bits per heavy atom. The third-order valence-corrected chi connectivity index (χ3v) is 6.57. The van der Waals surface area contributed by atoms with Crippen molar-refractivity contribution in [2.45, 2.75) is 63.6 Å². The van der Waals surface area contributed by atoms with Gasteiger partial charge in [-0.25, -0.2) is 0 Å². The van der Waals surface area contributed by atoms with Crippen LogP contribution in [-0.4, -0.2) is 55.7 Å². The molecule has 0 radical (unpaired) electrons. The molecule has 3 unspecified atom stereocenters. The first-order chi connectivity index (χ1) is 13.8. The highest BCUT2D eigenvalue weighted by Gasteiger charge is 2.31. The molecule has 3 fully saturated rings. The van der Waals surface area contributed by atoms with Crippen molar-refractivity contribution in [2.24, 2.45) is 10.9 Å². The average molecular weight is 512 g/mol. The summed E-state index contributed by atoms with van der Waals surface area (Å²) in [6.07, 6.45) is 8.09. The van der Waals surface area contributed by atoms with Gasteiger partial charge in [0.2, 0.25) is 0 Å². The Morgan fingerprint density at radius 2 is 1.93 bits per heavy atom. The average Bonchev–Trinajstić information content (AvgIpc) is 3.47. The van der Waals surface area contributed by atoms with E-state index in [1.54, 1.807) is 0 Å². The molecule has 1 aromatic rings. The zero-order chi connectivity index (χ0) is 19.2. The van der Waals surface area contributed by atoms with Crippen LogP contribution in [0.3, 0.4) is 0 Å². The van der Waals surface area contributed by atoms with Crippen LogP contribution in [0.4, 0.5) is 0 Å². The van der Waals surface area contributed by atoms with E-state index in [0.29, 0.717) is 12.0 Å². The topological polar surface area (TPSA) is 48.9 Å². The standard InChI is InChI=1S/C23H36N4O.HI/c1-2-24-23(26-20-12-14-27(17-20)21-10-6-7-11-21)25-16-19-13-15-28-22(19)18-8-4-3-5-9-18;/h3-5,8-9,19-22H,2,6-7,10-17H2,1H3,(H2,24,25,26);1H. The molecule has 2 N–H and O–H groups in total. The zero-order valence-corrected chi connectivity index (χ0v) is 20.0. The van der Waals surface area contributed by atoms with Gasteiger partial charge in [-0.1, -0.05) is 43.2 Å². The van der Waals surface area contributed by atoms with Crippen molar-refractivity contribution in [1.29, 1.82) is 0 Å². The lowest BCUT2D eigenvalue weighted by molar-refractivity contribution is 0.0925. The Labute approximate surface area is 193 Å². The van der Waals surface area contributed by atoms with Crippen molar-refractivity contribution >= 4 is 29.9 Å². The first-order valence-electron chi connectivity index (χ1n) is 11.3. The van der Waals surface area contributed by atoms with E-state index in [-0.39, 0.29) is 30.1 Å². The fourth-order valence-electron chi connectivity index (χ4n) is 5.06. The summed E-state index contributed by atoms with van der Waals surface area (Å²) in [6, 6.07) is 11.9. The molecule has 0 bridgehead atoms. The molecule has 3 aliphatic rings. The van der Waals surface area contributed by atoms with E-state index in [0.717, 1.165) is 44.7 Å². The van der Waals surface area contributed by atoms with Gasteiger partial charge in [-0.05, 0) is 38.2 Å². The van der Waals surface area contributed by atoms with Gasteiger partial charge < -0.3 is 15.4 Å². The van der Waals surface area contributed by atoms with E-state index in [4.69, 9.17) is 9.73 Å². The monoisotopic (exact) mass is 512 g/mol. The number of halogens is 1. The van der Waals surface area contributed by atoms with E-state index in [1.165, 1.54) is 44.2 Å². The lowest BCUT2D eigenvalue weighted by Gasteiger charge is -2.24. The molecular weight excluding hydrogens is 475 g/mol. The van der Waals surface area contributed by atoms with Gasteiger partial charge in [0.05, 0.1) is 6.10 Å². The van der Waals surface area contributed by atoms with Crippen molar-refractivity contribution in [3.63, 3.8) is 0 Å². The van der Waals surface area contributed by atoms with Crippen molar-refractivity contribution < 1.29 is 4.74 Å². The first kappa shape index (κ1) is 22.8. The van der Waals surface area contributed by atoms with Crippen LogP contribution in [0, 0.1) is 5.92 Å². The van der Waals surface area contributed by atoms with Gasteiger partial charge in [0.1, 0.15) is 0 Å². The molecule has 2 heterocycles. The molecule has 29 heavy (non-hydrogen) atoms. The molecule has 5 nitrogen and oxygen atoms in total. The fraction of sp³-hybridized carbons (Fsp3) is 0.696. The van der Waals surface area contributed by atoms with E-state index < -0.39 is 0 Å². The highest BCUT2D eigenvalue weighted by molar-refractivity contribution is 14.0. The Morgan fingerprint density at radius 1 is 1.14 bits per heavy atom. The highest BCUT2D eigenvalue weighted by atomic mass is 127. The normalized spacial score (nSPS) is 28.4. The second-order valence-corrected chi connectivity index (χ2v) is 8.53. The van der Waals surface area contributed by atoms with Gasteiger partial charge in [-0.2, -0.15) is 0 Å². The molecule has 2 saturated heterocycles. The molecule has 1 aromatic carbocycles. The summed E-state index contributed by atoms with van der Waals surface area (Å²) in [5.41, 5.74) is 1.28. The number of likely N-dealkylation sites (tertiary alicyclic amines) is 1. The number of aliphatic imine (C=N–C) groups is 1. The van der Waals surface area contributed by atoms with E-state index in [1.807, 2.05) is 0 Å². The third-order valence-electron chi connectivity index (χ3n) is 6.57. The Bertz CT molecular complexity index is 635. The maximum atomic E-state index is 6.03. The number of ether oxygens (including phenoxy) is 1. The van der Waals surface area contributed by atoms with Crippen LogP contribution in [0.5, 0.6) is 0 Å².